The van der Waals surface area contributed by atoms with E-state index in [1.807, 2.05) is 31.2 Å². The molecule has 1 unspecified atom stereocenters. The Kier molecular flexibility index (Phi) is 3.53. The van der Waals surface area contributed by atoms with Gasteiger partial charge in [-0.05, 0) is 41.5 Å². The topological polar surface area (TPSA) is 44.0 Å². The summed E-state index contributed by atoms with van der Waals surface area (Å²) in [6, 6.07) is 18.6. The molecule has 2 nitrogen and oxygen atoms in total. The van der Waals surface area contributed by atoms with Crippen LogP contribution in [0.3, 0.4) is 0 Å². The summed E-state index contributed by atoms with van der Waals surface area (Å²) in [5, 5.41) is 19.4. The van der Waals surface area contributed by atoms with E-state index in [0.717, 1.165) is 35.1 Å². The Balaban J connectivity index is 1.97. The Morgan fingerprint density at radius 1 is 1.14 bits per heavy atom. The van der Waals surface area contributed by atoms with Crippen molar-refractivity contribution in [3.63, 3.8) is 0 Å². The molecule has 1 atom stereocenters. The molecule has 0 amide bonds. The number of nitrogens with zero attached hydrogens (tertiary/aromatic N) is 1. The van der Waals surface area contributed by atoms with Crippen LogP contribution in [0, 0.1) is 11.3 Å². The summed E-state index contributed by atoms with van der Waals surface area (Å²) < 4.78 is 0. The maximum Gasteiger partial charge on any atom is 0.0823 e. The van der Waals surface area contributed by atoms with Gasteiger partial charge in [0, 0.05) is 0 Å². The van der Waals surface area contributed by atoms with Crippen molar-refractivity contribution >= 4 is 0 Å². The number of aliphatic hydroxyl groups excluding tert-OH is 1. The van der Waals surface area contributed by atoms with E-state index in [0.29, 0.717) is 6.42 Å². The van der Waals surface area contributed by atoms with E-state index in [2.05, 4.69) is 30.3 Å². The van der Waals surface area contributed by atoms with Gasteiger partial charge in [0.05, 0.1) is 17.6 Å². The molecule has 2 heteroatoms. The zero-order chi connectivity index (χ0) is 14.9. The fourth-order valence-corrected chi connectivity index (χ4v) is 2.83. The van der Waals surface area contributed by atoms with Crippen LogP contribution in [0.5, 0.6) is 0 Å². The van der Waals surface area contributed by atoms with Crippen molar-refractivity contribution in [2.24, 2.45) is 0 Å². The zero-order valence-electron chi connectivity index (χ0n) is 12.2. The summed E-state index contributed by atoms with van der Waals surface area (Å²) in [6.07, 6.45) is 2.20. The second-order valence-electron chi connectivity index (χ2n) is 5.78. The molecule has 1 fully saturated rings. The summed E-state index contributed by atoms with van der Waals surface area (Å²) in [4.78, 5) is 0. The van der Waals surface area contributed by atoms with E-state index in [-0.39, 0.29) is 5.41 Å². The molecule has 0 aliphatic heterocycles. The number of benzene rings is 2. The van der Waals surface area contributed by atoms with Crippen molar-refractivity contribution < 1.29 is 5.11 Å². The highest BCUT2D eigenvalue weighted by Crippen LogP contribution is 2.47. The molecule has 106 valence electrons. The van der Waals surface area contributed by atoms with Gasteiger partial charge in [0.15, 0.2) is 0 Å². The average molecular weight is 277 g/mol. The first-order valence-corrected chi connectivity index (χ1v) is 7.49. The lowest BCUT2D eigenvalue weighted by atomic mass is 9.92. The van der Waals surface area contributed by atoms with Crippen LogP contribution in [0.1, 0.15) is 43.4 Å². The van der Waals surface area contributed by atoms with Crippen LogP contribution in [0.4, 0.5) is 0 Å². The highest BCUT2D eigenvalue weighted by atomic mass is 16.3. The standard InChI is InChI=1S/C19H19NO/c1-2-18(21)17-6-4-3-5-16(17)14-7-9-15(10-8-14)19(13-20)11-12-19/h3-10,18,21H,2,11-12H2,1H3. The van der Waals surface area contributed by atoms with Crippen molar-refractivity contribution in [3.8, 4) is 17.2 Å². The van der Waals surface area contributed by atoms with Crippen molar-refractivity contribution in [1.29, 1.82) is 5.26 Å². The van der Waals surface area contributed by atoms with Crippen LogP contribution in [0.15, 0.2) is 48.5 Å². The van der Waals surface area contributed by atoms with Crippen LogP contribution < -0.4 is 0 Å². The zero-order valence-corrected chi connectivity index (χ0v) is 12.2. The Hall–Kier alpha value is -2.11. The van der Waals surface area contributed by atoms with Gasteiger partial charge in [0.25, 0.3) is 0 Å². The Bertz CT molecular complexity index is 677. The van der Waals surface area contributed by atoms with Gasteiger partial charge in [-0.3, -0.25) is 0 Å². The van der Waals surface area contributed by atoms with Gasteiger partial charge in [-0.25, -0.2) is 0 Å². The van der Waals surface area contributed by atoms with E-state index in [4.69, 9.17) is 0 Å². The third-order valence-corrected chi connectivity index (χ3v) is 4.42. The Morgan fingerprint density at radius 2 is 1.81 bits per heavy atom. The molecule has 0 radical (unpaired) electrons. The van der Waals surface area contributed by atoms with Crippen LogP contribution in [-0.4, -0.2) is 5.11 Å². The predicted octanol–water partition coefficient (Wildman–Crippen LogP) is 4.35. The first-order valence-electron chi connectivity index (χ1n) is 7.49. The summed E-state index contributed by atoms with van der Waals surface area (Å²) in [5.41, 5.74) is 4.01. The second-order valence-corrected chi connectivity index (χ2v) is 5.78. The smallest absolute Gasteiger partial charge is 0.0823 e. The minimum absolute atomic E-state index is 0.235. The molecule has 21 heavy (non-hydrogen) atoms. The van der Waals surface area contributed by atoms with Gasteiger partial charge in [-0.1, -0.05) is 55.5 Å². The van der Waals surface area contributed by atoms with Crippen LogP contribution in [0.2, 0.25) is 0 Å². The largest absolute Gasteiger partial charge is 0.388 e. The maximum absolute atomic E-state index is 10.2. The number of nitriles is 1. The SMILES string of the molecule is CCC(O)c1ccccc1-c1ccc(C2(C#N)CC2)cc1. The monoisotopic (exact) mass is 277 g/mol. The van der Waals surface area contributed by atoms with Crippen LogP contribution >= 0.6 is 0 Å². The third kappa shape index (κ3) is 2.46. The molecule has 0 heterocycles. The quantitative estimate of drug-likeness (QED) is 0.902. The van der Waals surface area contributed by atoms with Crippen molar-refractivity contribution in [2.45, 2.75) is 37.7 Å². The van der Waals surface area contributed by atoms with Crippen molar-refractivity contribution in [2.75, 3.05) is 0 Å². The lowest BCUT2D eigenvalue weighted by Gasteiger charge is -2.15. The van der Waals surface area contributed by atoms with E-state index >= 15 is 0 Å². The first kappa shape index (κ1) is 13.9. The molecule has 2 aromatic carbocycles. The number of hydrogen-bond acceptors (Lipinski definition) is 2. The normalized spacial score (nSPS) is 17.0. The van der Waals surface area contributed by atoms with Crippen LogP contribution in [-0.2, 0) is 5.41 Å². The lowest BCUT2D eigenvalue weighted by molar-refractivity contribution is 0.174. The molecule has 0 saturated heterocycles. The fourth-order valence-electron chi connectivity index (χ4n) is 2.83. The highest BCUT2D eigenvalue weighted by molar-refractivity contribution is 5.68. The molecule has 1 N–H and O–H groups in total. The van der Waals surface area contributed by atoms with Gasteiger partial charge < -0.3 is 5.11 Å². The molecule has 1 saturated carbocycles. The number of rotatable bonds is 4. The van der Waals surface area contributed by atoms with E-state index in [9.17, 15) is 10.4 Å². The number of hydrogen-bond donors (Lipinski definition) is 1. The van der Waals surface area contributed by atoms with Gasteiger partial charge in [-0.2, -0.15) is 5.26 Å². The van der Waals surface area contributed by atoms with Crippen molar-refractivity contribution in [3.05, 3.63) is 59.7 Å². The molecule has 0 spiro atoms. The van der Waals surface area contributed by atoms with E-state index < -0.39 is 6.10 Å². The maximum atomic E-state index is 10.2. The molecular formula is C19H19NO. The second kappa shape index (κ2) is 5.35. The molecule has 0 aromatic heterocycles. The van der Waals surface area contributed by atoms with Crippen LogP contribution in [0.25, 0.3) is 11.1 Å². The average Bonchev–Trinajstić information content (AvgIpc) is 3.35. The summed E-state index contributed by atoms with van der Waals surface area (Å²) in [7, 11) is 0. The fraction of sp³-hybridized carbons (Fsp3) is 0.316. The summed E-state index contributed by atoms with van der Waals surface area (Å²) in [5.74, 6) is 0. The number of aliphatic hydroxyl groups is 1. The Morgan fingerprint density at radius 3 is 2.38 bits per heavy atom. The van der Waals surface area contributed by atoms with E-state index in [1.165, 1.54) is 0 Å². The molecule has 1 aliphatic carbocycles. The summed E-state index contributed by atoms with van der Waals surface area (Å²) in [6.45, 7) is 1.98. The highest BCUT2D eigenvalue weighted by Gasteiger charge is 2.44. The minimum Gasteiger partial charge on any atom is -0.388 e. The third-order valence-electron chi connectivity index (χ3n) is 4.42. The van der Waals surface area contributed by atoms with Gasteiger partial charge >= 0.3 is 0 Å². The summed E-state index contributed by atoms with van der Waals surface area (Å²) >= 11 is 0. The van der Waals surface area contributed by atoms with Gasteiger partial charge in [0.1, 0.15) is 0 Å². The minimum atomic E-state index is -0.435. The van der Waals surface area contributed by atoms with Gasteiger partial charge in [0.2, 0.25) is 0 Å². The molecule has 2 aromatic rings. The molecular weight excluding hydrogens is 258 g/mol. The predicted molar refractivity (Wildman–Crippen MR) is 83.7 cm³/mol. The Labute approximate surface area is 125 Å². The van der Waals surface area contributed by atoms with E-state index in [1.54, 1.807) is 0 Å². The molecule has 0 bridgehead atoms. The van der Waals surface area contributed by atoms with Gasteiger partial charge in [-0.15, -0.1) is 0 Å². The lowest BCUT2D eigenvalue weighted by Crippen LogP contribution is -2.02. The molecule has 1 aliphatic rings. The van der Waals surface area contributed by atoms with Crippen molar-refractivity contribution in [1.82, 2.24) is 0 Å². The first-order chi connectivity index (χ1) is 10.2. The molecule has 3 rings (SSSR count).